The number of oxime groups is 1. The smallest absolute Gasteiger partial charge is 0.253 e. The van der Waals surface area contributed by atoms with Crippen molar-refractivity contribution in [1.82, 2.24) is 4.90 Å². The summed E-state index contributed by atoms with van der Waals surface area (Å²) in [6, 6.07) is 5.46. The first-order valence-corrected chi connectivity index (χ1v) is 5.44. The Morgan fingerprint density at radius 2 is 2.28 bits per heavy atom. The highest BCUT2D eigenvalue weighted by Crippen LogP contribution is 2.08. The summed E-state index contributed by atoms with van der Waals surface area (Å²) < 4.78 is 13.0. The first-order valence-electron chi connectivity index (χ1n) is 5.44. The highest BCUT2D eigenvalue weighted by Gasteiger charge is 2.17. The minimum Gasteiger partial charge on any atom is -0.409 e. The van der Waals surface area contributed by atoms with Gasteiger partial charge < -0.3 is 15.8 Å². The van der Waals surface area contributed by atoms with Crippen LogP contribution in [0.1, 0.15) is 17.3 Å². The molecule has 0 spiro atoms. The monoisotopic (exact) mass is 253 g/mol. The van der Waals surface area contributed by atoms with E-state index in [2.05, 4.69) is 5.16 Å². The van der Waals surface area contributed by atoms with Crippen molar-refractivity contribution in [1.29, 1.82) is 0 Å². The predicted molar refractivity (Wildman–Crippen MR) is 65.9 cm³/mol. The van der Waals surface area contributed by atoms with Crippen molar-refractivity contribution in [2.45, 2.75) is 6.92 Å². The van der Waals surface area contributed by atoms with Crippen molar-refractivity contribution >= 4 is 11.7 Å². The summed E-state index contributed by atoms with van der Waals surface area (Å²) in [6.45, 7) is 2.01. The summed E-state index contributed by atoms with van der Waals surface area (Å²) in [5, 5.41) is 11.4. The van der Waals surface area contributed by atoms with E-state index in [9.17, 15) is 9.18 Å². The maximum atomic E-state index is 13.0. The molecule has 1 atom stereocenters. The van der Waals surface area contributed by atoms with E-state index in [1.807, 2.05) is 0 Å². The Bertz CT molecular complexity index is 462. The largest absolute Gasteiger partial charge is 0.409 e. The van der Waals surface area contributed by atoms with Crippen LogP contribution in [0.25, 0.3) is 0 Å². The number of nitrogens with zero attached hydrogens (tertiary/aromatic N) is 2. The Hall–Kier alpha value is -2.11. The fourth-order valence-electron chi connectivity index (χ4n) is 1.53. The standard InChI is InChI=1S/C12H16FN3O2/c1-8(11(14)15-18)7-16(2)12(17)9-4-3-5-10(13)6-9/h3-6,8,18H,7H2,1-2H3,(H2,14,15). The molecule has 0 fully saturated rings. The lowest BCUT2D eigenvalue weighted by molar-refractivity contribution is 0.0785. The second kappa shape index (κ2) is 6.00. The molecule has 1 aromatic rings. The Morgan fingerprint density at radius 1 is 1.61 bits per heavy atom. The highest BCUT2D eigenvalue weighted by atomic mass is 19.1. The molecule has 1 aromatic carbocycles. The van der Waals surface area contributed by atoms with Crippen LogP contribution in [0.2, 0.25) is 0 Å². The van der Waals surface area contributed by atoms with Gasteiger partial charge in [-0.1, -0.05) is 18.1 Å². The molecule has 5 nitrogen and oxygen atoms in total. The first-order chi connectivity index (χ1) is 8.45. The summed E-state index contributed by atoms with van der Waals surface area (Å²) in [5.74, 6) is -1.00. The quantitative estimate of drug-likeness (QED) is 0.367. The van der Waals surface area contributed by atoms with Gasteiger partial charge in [0.2, 0.25) is 0 Å². The highest BCUT2D eigenvalue weighted by molar-refractivity contribution is 5.94. The molecule has 98 valence electrons. The normalized spacial score (nSPS) is 13.2. The Balaban J connectivity index is 2.73. The fraction of sp³-hybridized carbons (Fsp3) is 0.333. The van der Waals surface area contributed by atoms with Gasteiger partial charge in [-0.25, -0.2) is 4.39 Å². The van der Waals surface area contributed by atoms with Crippen LogP contribution in [-0.4, -0.2) is 35.4 Å². The minimum absolute atomic E-state index is 0.0499. The molecule has 0 aliphatic heterocycles. The molecule has 0 aromatic heterocycles. The van der Waals surface area contributed by atoms with Crippen LogP contribution in [0.3, 0.4) is 0 Å². The SMILES string of the molecule is CC(CN(C)C(=O)c1cccc(F)c1)C(N)=NO. The molecule has 1 rings (SSSR count). The van der Waals surface area contributed by atoms with Gasteiger partial charge in [0.15, 0.2) is 0 Å². The van der Waals surface area contributed by atoms with E-state index in [0.29, 0.717) is 0 Å². The molecule has 0 bridgehead atoms. The summed E-state index contributed by atoms with van der Waals surface area (Å²) in [7, 11) is 1.58. The molecule has 18 heavy (non-hydrogen) atoms. The van der Waals surface area contributed by atoms with Gasteiger partial charge in [0.05, 0.1) is 0 Å². The molecule has 0 aliphatic rings. The van der Waals surface area contributed by atoms with Crippen LogP contribution in [0.5, 0.6) is 0 Å². The van der Waals surface area contributed by atoms with Gasteiger partial charge in [0.25, 0.3) is 5.91 Å². The van der Waals surface area contributed by atoms with Crippen molar-refractivity contribution in [2.24, 2.45) is 16.8 Å². The zero-order valence-corrected chi connectivity index (χ0v) is 10.3. The number of rotatable bonds is 4. The molecule has 1 unspecified atom stereocenters. The molecule has 6 heteroatoms. The topological polar surface area (TPSA) is 78.9 Å². The number of benzene rings is 1. The number of hydrogen-bond donors (Lipinski definition) is 2. The van der Waals surface area contributed by atoms with E-state index in [1.54, 1.807) is 14.0 Å². The van der Waals surface area contributed by atoms with Gasteiger partial charge in [-0.3, -0.25) is 4.79 Å². The lowest BCUT2D eigenvalue weighted by Gasteiger charge is -2.20. The number of carbonyl (C=O) groups excluding carboxylic acids is 1. The lowest BCUT2D eigenvalue weighted by atomic mass is 10.1. The van der Waals surface area contributed by atoms with Gasteiger partial charge in [-0.2, -0.15) is 0 Å². The average molecular weight is 253 g/mol. The van der Waals surface area contributed by atoms with Crippen molar-refractivity contribution in [3.63, 3.8) is 0 Å². The van der Waals surface area contributed by atoms with E-state index < -0.39 is 5.82 Å². The van der Waals surface area contributed by atoms with E-state index in [0.717, 1.165) is 0 Å². The third-order valence-corrected chi connectivity index (χ3v) is 2.59. The molecule has 0 aliphatic carbocycles. The van der Waals surface area contributed by atoms with E-state index >= 15 is 0 Å². The molecule has 1 amide bonds. The molecular formula is C12H16FN3O2. The second-order valence-electron chi connectivity index (χ2n) is 4.12. The maximum Gasteiger partial charge on any atom is 0.253 e. The van der Waals surface area contributed by atoms with Crippen LogP contribution in [0.4, 0.5) is 4.39 Å². The predicted octanol–water partition coefficient (Wildman–Crippen LogP) is 1.28. The van der Waals surface area contributed by atoms with Crippen molar-refractivity contribution in [3.05, 3.63) is 35.6 Å². The van der Waals surface area contributed by atoms with Crippen molar-refractivity contribution < 1.29 is 14.4 Å². The molecule has 0 radical (unpaired) electrons. The van der Waals surface area contributed by atoms with Crippen LogP contribution in [-0.2, 0) is 0 Å². The van der Waals surface area contributed by atoms with Gasteiger partial charge in [0.1, 0.15) is 11.7 Å². The van der Waals surface area contributed by atoms with Gasteiger partial charge in [0, 0.05) is 25.1 Å². The first kappa shape index (κ1) is 14.0. The molecule has 0 saturated carbocycles. The minimum atomic E-state index is -0.460. The van der Waals surface area contributed by atoms with E-state index in [1.165, 1.54) is 29.2 Å². The van der Waals surface area contributed by atoms with Crippen LogP contribution in [0, 0.1) is 11.7 Å². The fourth-order valence-corrected chi connectivity index (χ4v) is 1.53. The number of halogens is 1. The number of carbonyl (C=O) groups is 1. The van der Waals surface area contributed by atoms with Crippen molar-refractivity contribution in [3.8, 4) is 0 Å². The molecule has 0 heterocycles. The van der Waals surface area contributed by atoms with Gasteiger partial charge in [-0.05, 0) is 18.2 Å². The third kappa shape index (κ3) is 3.44. The Kier molecular flexibility index (Phi) is 4.65. The molecule has 0 saturated heterocycles. The van der Waals surface area contributed by atoms with Crippen LogP contribution < -0.4 is 5.73 Å². The number of nitrogens with two attached hydrogens (primary N) is 1. The lowest BCUT2D eigenvalue weighted by Crippen LogP contribution is -2.36. The Morgan fingerprint density at radius 3 is 2.83 bits per heavy atom. The van der Waals surface area contributed by atoms with Crippen LogP contribution >= 0.6 is 0 Å². The van der Waals surface area contributed by atoms with E-state index in [4.69, 9.17) is 10.9 Å². The van der Waals surface area contributed by atoms with Gasteiger partial charge >= 0.3 is 0 Å². The summed E-state index contributed by atoms with van der Waals surface area (Å²) in [4.78, 5) is 13.4. The summed E-state index contributed by atoms with van der Waals surface area (Å²) >= 11 is 0. The maximum absolute atomic E-state index is 13.0. The van der Waals surface area contributed by atoms with Crippen molar-refractivity contribution in [2.75, 3.05) is 13.6 Å². The van der Waals surface area contributed by atoms with Gasteiger partial charge in [-0.15, -0.1) is 0 Å². The zero-order chi connectivity index (χ0) is 13.7. The summed E-state index contributed by atoms with van der Waals surface area (Å²) in [5.41, 5.74) is 5.70. The average Bonchev–Trinajstić information content (AvgIpc) is 2.36. The van der Waals surface area contributed by atoms with E-state index in [-0.39, 0.29) is 29.8 Å². The van der Waals surface area contributed by atoms with Crippen LogP contribution in [0.15, 0.2) is 29.4 Å². The molecular weight excluding hydrogens is 237 g/mol. The molecule has 3 N–H and O–H groups in total. The number of amides is 1. The Labute approximate surface area is 105 Å². The summed E-state index contributed by atoms with van der Waals surface area (Å²) in [6.07, 6.45) is 0. The third-order valence-electron chi connectivity index (χ3n) is 2.59. The number of amidine groups is 1. The number of hydrogen-bond acceptors (Lipinski definition) is 3. The zero-order valence-electron chi connectivity index (χ0n) is 10.3. The second-order valence-corrected chi connectivity index (χ2v) is 4.12.